The molecule has 86 valence electrons. The minimum Gasteiger partial charge on any atom is -0.461 e. The van der Waals surface area contributed by atoms with Gasteiger partial charge in [-0.25, -0.2) is 0 Å². The van der Waals surface area contributed by atoms with Crippen molar-refractivity contribution in [3.63, 3.8) is 0 Å². The number of hydrogen-bond acceptors (Lipinski definition) is 2. The lowest BCUT2D eigenvalue weighted by Crippen LogP contribution is -2.55. The van der Waals surface area contributed by atoms with E-state index in [1.165, 1.54) is 32.1 Å². The predicted octanol–water partition coefficient (Wildman–Crippen LogP) is 3.20. The van der Waals surface area contributed by atoms with Crippen molar-refractivity contribution in [1.29, 1.82) is 0 Å². The van der Waals surface area contributed by atoms with Gasteiger partial charge in [0.1, 0.15) is 6.10 Å². The summed E-state index contributed by atoms with van der Waals surface area (Å²) in [4.78, 5) is 11.5. The molecule has 3 heteroatoms. The van der Waals surface area contributed by atoms with E-state index in [1.54, 1.807) is 0 Å². The first-order valence-corrected chi connectivity index (χ1v) is 9.78. The van der Waals surface area contributed by atoms with Gasteiger partial charge in [-0.3, -0.25) is 4.79 Å². The summed E-state index contributed by atoms with van der Waals surface area (Å²) in [7, 11) is -1.36. The average Bonchev–Trinajstić information content (AvgIpc) is 2.12. The first-order chi connectivity index (χ1) is 7.00. The van der Waals surface area contributed by atoms with Gasteiger partial charge in [-0.2, -0.15) is 0 Å². The Hall–Kier alpha value is -0.313. The van der Waals surface area contributed by atoms with E-state index in [4.69, 9.17) is 4.74 Å². The molecule has 0 unspecified atom stereocenters. The van der Waals surface area contributed by atoms with Crippen LogP contribution in [-0.4, -0.2) is 20.1 Å². The molecule has 2 fully saturated rings. The number of rotatable bonds is 2. The molecule has 1 heterocycles. The molecule has 0 N–H and O–H groups in total. The van der Waals surface area contributed by atoms with E-state index in [2.05, 4.69) is 19.6 Å². The van der Waals surface area contributed by atoms with Crippen LogP contribution in [0.25, 0.3) is 0 Å². The molecule has 0 radical (unpaired) electrons. The summed E-state index contributed by atoms with van der Waals surface area (Å²) >= 11 is 0. The Balaban J connectivity index is 2.01. The van der Waals surface area contributed by atoms with Crippen LogP contribution in [0.3, 0.4) is 0 Å². The predicted molar refractivity (Wildman–Crippen MR) is 63.6 cm³/mol. The van der Waals surface area contributed by atoms with Crippen molar-refractivity contribution in [2.45, 2.75) is 63.4 Å². The summed E-state index contributed by atoms with van der Waals surface area (Å²) in [5, 5.41) is 0. The molecule has 0 spiro atoms. The molecule has 0 bridgehead atoms. The zero-order chi connectivity index (χ0) is 11.1. The number of ether oxygens (including phenoxy) is 1. The Bertz CT molecular complexity index is 251. The standard InChI is InChI=1S/C12H22O2Si/c1-15(2,3)11-10(14-12(11)13)9-7-5-4-6-8-9/h9-11H,4-8H2,1-3H3/t10-,11+/m1/s1. The van der Waals surface area contributed by atoms with Gasteiger partial charge in [-0.1, -0.05) is 38.9 Å². The number of esters is 1. The summed E-state index contributed by atoms with van der Waals surface area (Å²) in [6.07, 6.45) is 6.87. The van der Waals surface area contributed by atoms with Crippen LogP contribution in [-0.2, 0) is 9.53 Å². The van der Waals surface area contributed by atoms with Crippen molar-refractivity contribution in [1.82, 2.24) is 0 Å². The van der Waals surface area contributed by atoms with Gasteiger partial charge in [0, 0.05) is 0 Å². The first kappa shape index (κ1) is 11.2. The number of cyclic esters (lactones) is 1. The summed E-state index contributed by atoms with van der Waals surface area (Å²) in [6, 6.07) is 0. The molecule has 2 atom stereocenters. The quantitative estimate of drug-likeness (QED) is 0.534. The maximum Gasteiger partial charge on any atom is 0.310 e. The Morgan fingerprint density at radius 1 is 1.13 bits per heavy atom. The molecule has 0 aromatic carbocycles. The molecule has 2 aliphatic rings. The third-order valence-corrected chi connectivity index (χ3v) is 6.31. The second-order valence-electron chi connectivity index (χ2n) is 6.14. The largest absolute Gasteiger partial charge is 0.461 e. The van der Waals surface area contributed by atoms with Crippen molar-refractivity contribution in [3.8, 4) is 0 Å². The van der Waals surface area contributed by atoms with Gasteiger partial charge in [0.15, 0.2) is 0 Å². The van der Waals surface area contributed by atoms with E-state index < -0.39 is 8.07 Å². The van der Waals surface area contributed by atoms with Gasteiger partial charge in [0.25, 0.3) is 0 Å². The van der Waals surface area contributed by atoms with E-state index >= 15 is 0 Å². The molecule has 1 saturated heterocycles. The molecule has 0 amide bonds. The minimum absolute atomic E-state index is 0.0877. The monoisotopic (exact) mass is 226 g/mol. The second-order valence-corrected chi connectivity index (χ2v) is 11.5. The molecule has 2 rings (SSSR count). The van der Waals surface area contributed by atoms with Crippen LogP contribution in [0.2, 0.25) is 25.2 Å². The molecular weight excluding hydrogens is 204 g/mol. The molecule has 2 nitrogen and oxygen atoms in total. The Labute approximate surface area is 93.4 Å². The van der Waals surface area contributed by atoms with Crippen LogP contribution in [0, 0.1) is 5.92 Å². The molecule has 0 aromatic heterocycles. The van der Waals surface area contributed by atoms with Crippen LogP contribution in [0.4, 0.5) is 0 Å². The highest BCUT2D eigenvalue weighted by Crippen LogP contribution is 2.45. The van der Waals surface area contributed by atoms with E-state index in [1.807, 2.05) is 0 Å². The smallest absolute Gasteiger partial charge is 0.310 e. The molecule has 1 saturated carbocycles. The highest BCUT2D eigenvalue weighted by molar-refractivity contribution is 6.81. The van der Waals surface area contributed by atoms with Crippen LogP contribution in [0.1, 0.15) is 32.1 Å². The molecule has 1 aliphatic heterocycles. The van der Waals surface area contributed by atoms with Crippen LogP contribution in [0.5, 0.6) is 0 Å². The van der Waals surface area contributed by atoms with Crippen molar-refractivity contribution >= 4 is 14.0 Å². The van der Waals surface area contributed by atoms with Gasteiger partial charge in [0.05, 0.1) is 13.6 Å². The van der Waals surface area contributed by atoms with E-state index in [0.29, 0.717) is 5.92 Å². The average molecular weight is 226 g/mol. The van der Waals surface area contributed by atoms with Gasteiger partial charge in [-0.05, 0) is 18.8 Å². The Morgan fingerprint density at radius 3 is 2.20 bits per heavy atom. The zero-order valence-electron chi connectivity index (χ0n) is 10.1. The number of carbonyl (C=O) groups is 1. The normalized spacial score (nSPS) is 33.4. The SMILES string of the molecule is C[Si](C)(C)[C@@H]1C(=O)O[C@@H]1C1CCCCC1. The first-order valence-electron chi connectivity index (χ1n) is 6.20. The lowest BCUT2D eigenvalue weighted by Gasteiger charge is -2.46. The van der Waals surface area contributed by atoms with E-state index in [0.717, 1.165) is 0 Å². The van der Waals surface area contributed by atoms with Crippen molar-refractivity contribution in [3.05, 3.63) is 0 Å². The van der Waals surface area contributed by atoms with Gasteiger partial charge < -0.3 is 4.74 Å². The third-order valence-electron chi connectivity index (χ3n) is 3.88. The fourth-order valence-electron chi connectivity index (χ4n) is 3.01. The Morgan fingerprint density at radius 2 is 1.73 bits per heavy atom. The van der Waals surface area contributed by atoms with E-state index in [-0.39, 0.29) is 17.6 Å². The molecule has 1 aliphatic carbocycles. The van der Waals surface area contributed by atoms with Crippen LogP contribution >= 0.6 is 0 Å². The molecule has 15 heavy (non-hydrogen) atoms. The topological polar surface area (TPSA) is 26.3 Å². The minimum atomic E-state index is -1.36. The Kier molecular flexibility index (Phi) is 2.93. The lowest BCUT2D eigenvalue weighted by atomic mass is 9.82. The van der Waals surface area contributed by atoms with Crippen LogP contribution in [0.15, 0.2) is 0 Å². The third kappa shape index (κ3) is 2.12. The maximum absolute atomic E-state index is 11.5. The van der Waals surface area contributed by atoms with Crippen molar-refractivity contribution in [2.75, 3.05) is 0 Å². The van der Waals surface area contributed by atoms with Gasteiger partial charge in [-0.15, -0.1) is 0 Å². The summed E-state index contributed by atoms with van der Waals surface area (Å²) in [5.41, 5.74) is 0.278. The lowest BCUT2D eigenvalue weighted by molar-refractivity contribution is -0.176. The summed E-state index contributed by atoms with van der Waals surface area (Å²) in [6.45, 7) is 6.86. The second kappa shape index (κ2) is 3.93. The van der Waals surface area contributed by atoms with Crippen molar-refractivity contribution in [2.24, 2.45) is 5.92 Å². The highest BCUT2D eigenvalue weighted by Gasteiger charge is 2.53. The molecule has 0 aromatic rings. The number of carbonyl (C=O) groups excluding carboxylic acids is 1. The van der Waals surface area contributed by atoms with Gasteiger partial charge >= 0.3 is 5.97 Å². The van der Waals surface area contributed by atoms with Crippen LogP contribution < -0.4 is 0 Å². The fraction of sp³-hybridized carbons (Fsp3) is 0.917. The van der Waals surface area contributed by atoms with E-state index in [9.17, 15) is 4.79 Å². The number of hydrogen-bond donors (Lipinski definition) is 0. The highest BCUT2D eigenvalue weighted by atomic mass is 28.3. The van der Waals surface area contributed by atoms with Crippen molar-refractivity contribution < 1.29 is 9.53 Å². The zero-order valence-corrected chi connectivity index (χ0v) is 11.1. The maximum atomic E-state index is 11.5. The summed E-state index contributed by atoms with van der Waals surface area (Å²) in [5.74, 6) is 0.762. The fourth-order valence-corrected chi connectivity index (χ4v) is 5.12. The van der Waals surface area contributed by atoms with Gasteiger partial charge in [0.2, 0.25) is 0 Å². The molecular formula is C12H22O2Si. The summed E-state index contributed by atoms with van der Waals surface area (Å²) < 4.78 is 5.41.